The molecule has 0 aliphatic rings. The Balaban J connectivity index is 2.62. The third-order valence-corrected chi connectivity index (χ3v) is 2.85. The van der Waals surface area contributed by atoms with Crippen molar-refractivity contribution in [1.82, 2.24) is 19.7 Å². The van der Waals surface area contributed by atoms with Crippen LogP contribution in [0.25, 0.3) is 5.82 Å². The van der Waals surface area contributed by atoms with Crippen molar-refractivity contribution >= 4 is 21.8 Å². The number of aromatic carboxylic acids is 1. The van der Waals surface area contributed by atoms with E-state index in [0.717, 1.165) is 17.1 Å². The predicted octanol–water partition coefficient (Wildman–Crippen LogP) is 0.0404. The van der Waals surface area contributed by atoms with E-state index in [4.69, 9.17) is 5.11 Å². The molecule has 0 amide bonds. The Morgan fingerprint density at radius 2 is 2.10 bits per heavy atom. The standard InChI is InChI=1S/C10H11N5O4S/c1-6-3-8(12-5-11-6)15-9(14-20(2,18)19)7(4-13-15)10(16)17/h3-5,14H,1-2H3,(H,16,17). The van der Waals surface area contributed by atoms with E-state index in [0.29, 0.717) is 5.69 Å². The number of sulfonamides is 1. The fraction of sp³-hybridized carbons (Fsp3) is 0.200. The second-order valence-corrected chi connectivity index (χ2v) is 5.76. The highest BCUT2D eigenvalue weighted by atomic mass is 32.2. The molecule has 2 heterocycles. The first-order valence-electron chi connectivity index (χ1n) is 5.36. The van der Waals surface area contributed by atoms with Gasteiger partial charge in [-0.2, -0.15) is 9.78 Å². The molecule has 2 rings (SSSR count). The van der Waals surface area contributed by atoms with Gasteiger partial charge < -0.3 is 5.11 Å². The van der Waals surface area contributed by atoms with Crippen LogP contribution in [-0.4, -0.2) is 45.5 Å². The molecule has 0 fully saturated rings. The number of anilines is 1. The number of aryl methyl sites for hydroxylation is 1. The van der Waals surface area contributed by atoms with E-state index in [-0.39, 0.29) is 17.2 Å². The Hall–Kier alpha value is -2.49. The summed E-state index contributed by atoms with van der Waals surface area (Å²) in [6.07, 6.45) is 3.24. The van der Waals surface area contributed by atoms with E-state index >= 15 is 0 Å². The second kappa shape index (κ2) is 4.89. The quantitative estimate of drug-likeness (QED) is 0.815. The number of hydrogen-bond acceptors (Lipinski definition) is 6. The van der Waals surface area contributed by atoms with Gasteiger partial charge in [-0.05, 0) is 6.92 Å². The maximum atomic E-state index is 11.3. The number of aromatic nitrogens is 4. The molecule has 20 heavy (non-hydrogen) atoms. The Labute approximate surface area is 114 Å². The van der Waals surface area contributed by atoms with Crippen LogP contribution in [0.3, 0.4) is 0 Å². The molecule has 2 N–H and O–H groups in total. The van der Waals surface area contributed by atoms with E-state index < -0.39 is 16.0 Å². The molecule has 0 radical (unpaired) electrons. The Bertz CT molecular complexity index is 768. The first kappa shape index (κ1) is 13.9. The van der Waals surface area contributed by atoms with Crippen molar-refractivity contribution in [1.29, 1.82) is 0 Å². The van der Waals surface area contributed by atoms with Crippen LogP contribution < -0.4 is 4.72 Å². The van der Waals surface area contributed by atoms with Gasteiger partial charge in [0.2, 0.25) is 10.0 Å². The van der Waals surface area contributed by atoms with Crippen molar-refractivity contribution in [2.24, 2.45) is 0 Å². The van der Waals surface area contributed by atoms with Gasteiger partial charge in [0.25, 0.3) is 0 Å². The van der Waals surface area contributed by atoms with Crippen LogP contribution in [0.2, 0.25) is 0 Å². The highest BCUT2D eigenvalue weighted by molar-refractivity contribution is 7.92. The third-order valence-electron chi connectivity index (χ3n) is 2.29. The smallest absolute Gasteiger partial charge is 0.341 e. The minimum Gasteiger partial charge on any atom is -0.477 e. The average molecular weight is 297 g/mol. The molecule has 0 aromatic carbocycles. The summed E-state index contributed by atoms with van der Waals surface area (Å²) < 4.78 is 25.9. The largest absolute Gasteiger partial charge is 0.477 e. The van der Waals surface area contributed by atoms with Crippen LogP contribution in [0, 0.1) is 6.92 Å². The normalized spacial score (nSPS) is 11.3. The zero-order valence-electron chi connectivity index (χ0n) is 10.6. The molecule has 0 aliphatic heterocycles. The van der Waals surface area contributed by atoms with Gasteiger partial charge in [0.15, 0.2) is 11.6 Å². The summed E-state index contributed by atoms with van der Waals surface area (Å²) >= 11 is 0. The van der Waals surface area contributed by atoms with Crippen LogP contribution in [0.4, 0.5) is 5.82 Å². The van der Waals surface area contributed by atoms with Crippen LogP contribution in [0.5, 0.6) is 0 Å². The van der Waals surface area contributed by atoms with Crippen LogP contribution >= 0.6 is 0 Å². The van der Waals surface area contributed by atoms with Crippen LogP contribution in [0.15, 0.2) is 18.6 Å². The van der Waals surface area contributed by atoms with Gasteiger partial charge in [0.1, 0.15) is 11.9 Å². The summed E-state index contributed by atoms with van der Waals surface area (Å²) in [5, 5.41) is 12.9. The number of hydrogen-bond donors (Lipinski definition) is 2. The van der Waals surface area contributed by atoms with Crippen molar-refractivity contribution < 1.29 is 18.3 Å². The molecular weight excluding hydrogens is 286 g/mol. The van der Waals surface area contributed by atoms with Crippen LogP contribution in [-0.2, 0) is 10.0 Å². The molecule has 0 spiro atoms. The lowest BCUT2D eigenvalue weighted by Gasteiger charge is -2.08. The van der Waals surface area contributed by atoms with Gasteiger partial charge in [-0.25, -0.2) is 23.2 Å². The van der Waals surface area contributed by atoms with Crippen molar-refractivity contribution in [3.8, 4) is 5.82 Å². The van der Waals surface area contributed by atoms with Gasteiger partial charge >= 0.3 is 5.97 Å². The first-order chi connectivity index (χ1) is 9.28. The highest BCUT2D eigenvalue weighted by Crippen LogP contribution is 2.20. The fourth-order valence-corrected chi connectivity index (χ4v) is 2.06. The molecule has 2 aromatic rings. The summed E-state index contributed by atoms with van der Waals surface area (Å²) in [4.78, 5) is 18.9. The number of carboxylic acids is 1. The maximum absolute atomic E-state index is 11.3. The number of carbonyl (C=O) groups is 1. The predicted molar refractivity (Wildman–Crippen MR) is 69.3 cm³/mol. The molecule has 9 nitrogen and oxygen atoms in total. The maximum Gasteiger partial charge on any atom is 0.341 e. The zero-order chi connectivity index (χ0) is 14.9. The Kier molecular flexibility index (Phi) is 3.40. The lowest BCUT2D eigenvalue weighted by molar-refractivity contribution is 0.0698. The molecule has 106 valence electrons. The molecule has 0 bridgehead atoms. The second-order valence-electron chi connectivity index (χ2n) is 4.02. The van der Waals surface area contributed by atoms with Crippen molar-refractivity contribution in [2.45, 2.75) is 6.92 Å². The molecule has 2 aromatic heterocycles. The van der Waals surface area contributed by atoms with Gasteiger partial charge in [-0.1, -0.05) is 0 Å². The van der Waals surface area contributed by atoms with Gasteiger partial charge in [-0.15, -0.1) is 0 Å². The van der Waals surface area contributed by atoms with Crippen molar-refractivity contribution in [3.63, 3.8) is 0 Å². The minimum absolute atomic E-state index is 0.182. The topological polar surface area (TPSA) is 127 Å². The summed E-state index contributed by atoms with van der Waals surface area (Å²) in [5.74, 6) is -1.22. The molecule has 0 aliphatic carbocycles. The van der Waals surface area contributed by atoms with E-state index in [1.54, 1.807) is 13.0 Å². The number of nitrogens with one attached hydrogen (secondary N) is 1. The lowest BCUT2D eigenvalue weighted by atomic mass is 10.3. The van der Waals surface area contributed by atoms with Gasteiger partial charge in [0.05, 0.1) is 12.5 Å². The first-order valence-corrected chi connectivity index (χ1v) is 7.25. The molecule has 10 heteroatoms. The lowest BCUT2D eigenvalue weighted by Crippen LogP contribution is -2.16. The Morgan fingerprint density at radius 1 is 1.40 bits per heavy atom. The molecule has 0 saturated carbocycles. The third kappa shape index (κ3) is 2.91. The molecule has 0 saturated heterocycles. The van der Waals surface area contributed by atoms with E-state index in [2.05, 4.69) is 19.8 Å². The summed E-state index contributed by atoms with van der Waals surface area (Å²) in [6.45, 7) is 1.72. The van der Waals surface area contributed by atoms with Gasteiger partial charge in [-0.3, -0.25) is 4.72 Å². The van der Waals surface area contributed by atoms with Crippen molar-refractivity contribution in [2.75, 3.05) is 11.0 Å². The number of rotatable bonds is 4. The van der Waals surface area contributed by atoms with Crippen molar-refractivity contribution in [3.05, 3.63) is 29.8 Å². The average Bonchev–Trinajstić information content (AvgIpc) is 2.70. The summed E-state index contributed by atoms with van der Waals surface area (Å²) in [7, 11) is -3.66. The van der Waals surface area contributed by atoms with Gasteiger partial charge in [0, 0.05) is 11.8 Å². The summed E-state index contributed by atoms with van der Waals surface area (Å²) in [6, 6.07) is 1.55. The van der Waals surface area contributed by atoms with E-state index in [1.807, 2.05) is 0 Å². The SMILES string of the molecule is Cc1cc(-n2ncc(C(=O)O)c2NS(C)(=O)=O)ncn1. The molecule has 0 atom stereocenters. The fourth-order valence-electron chi connectivity index (χ4n) is 1.51. The van der Waals surface area contributed by atoms with Crippen LogP contribution in [0.1, 0.15) is 16.1 Å². The monoisotopic (exact) mass is 297 g/mol. The highest BCUT2D eigenvalue weighted by Gasteiger charge is 2.21. The Morgan fingerprint density at radius 3 is 2.65 bits per heavy atom. The van der Waals surface area contributed by atoms with E-state index in [1.165, 1.54) is 6.33 Å². The number of nitrogens with zero attached hydrogens (tertiary/aromatic N) is 4. The summed E-state index contributed by atoms with van der Waals surface area (Å²) in [5.41, 5.74) is 0.361. The zero-order valence-corrected chi connectivity index (χ0v) is 11.4. The van der Waals surface area contributed by atoms with E-state index in [9.17, 15) is 13.2 Å². The number of carboxylic acid groups (broad SMARTS) is 1. The minimum atomic E-state index is -3.66. The molecular formula is C10H11N5O4S. The molecule has 0 unspecified atom stereocenters.